The van der Waals surface area contributed by atoms with Gasteiger partial charge in [0, 0.05) is 37.1 Å². The second kappa shape index (κ2) is 7.56. The topological polar surface area (TPSA) is 67.6 Å². The first-order chi connectivity index (χ1) is 10.0. The zero-order valence-corrected chi connectivity index (χ0v) is 13.6. The predicted octanol–water partition coefficient (Wildman–Crippen LogP) is 1.26. The van der Waals surface area contributed by atoms with E-state index in [2.05, 4.69) is 17.1 Å². The molecular formula is C16H31N3O2. The van der Waals surface area contributed by atoms with Crippen LogP contribution >= 0.6 is 0 Å². The molecule has 2 unspecified atom stereocenters. The van der Waals surface area contributed by atoms with Crippen LogP contribution in [0.25, 0.3) is 0 Å². The monoisotopic (exact) mass is 297 g/mol. The lowest BCUT2D eigenvalue weighted by Gasteiger charge is -2.47. The van der Waals surface area contributed by atoms with E-state index in [1.807, 2.05) is 6.92 Å². The molecule has 1 aliphatic carbocycles. The first kappa shape index (κ1) is 16.7. The van der Waals surface area contributed by atoms with Gasteiger partial charge in [-0.3, -0.25) is 9.69 Å². The van der Waals surface area contributed by atoms with E-state index >= 15 is 0 Å². The van der Waals surface area contributed by atoms with Gasteiger partial charge >= 0.3 is 0 Å². The third-order valence-corrected chi connectivity index (χ3v) is 5.12. The number of amides is 1. The normalized spacial score (nSPS) is 25.5. The second-order valence-corrected chi connectivity index (χ2v) is 6.72. The number of rotatable bonds is 6. The molecule has 3 N–H and O–H groups in total. The van der Waals surface area contributed by atoms with Gasteiger partial charge in [0.15, 0.2) is 0 Å². The van der Waals surface area contributed by atoms with Gasteiger partial charge in [0.05, 0.1) is 13.2 Å². The van der Waals surface area contributed by atoms with Gasteiger partial charge < -0.3 is 15.8 Å². The fourth-order valence-corrected chi connectivity index (χ4v) is 3.83. The van der Waals surface area contributed by atoms with Crippen LogP contribution in [-0.2, 0) is 9.53 Å². The van der Waals surface area contributed by atoms with Crippen molar-refractivity contribution >= 4 is 5.91 Å². The van der Waals surface area contributed by atoms with Crippen molar-refractivity contribution in [2.45, 2.75) is 70.0 Å². The van der Waals surface area contributed by atoms with E-state index in [-0.39, 0.29) is 23.5 Å². The number of nitrogens with one attached hydrogen (secondary N) is 1. The van der Waals surface area contributed by atoms with Gasteiger partial charge in [-0.15, -0.1) is 0 Å². The molecule has 2 fully saturated rings. The van der Waals surface area contributed by atoms with Crippen LogP contribution in [0.3, 0.4) is 0 Å². The van der Waals surface area contributed by atoms with E-state index in [4.69, 9.17) is 10.5 Å². The minimum atomic E-state index is 0.0886. The Morgan fingerprint density at radius 2 is 1.90 bits per heavy atom. The van der Waals surface area contributed by atoms with Crippen molar-refractivity contribution in [3.63, 3.8) is 0 Å². The highest BCUT2D eigenvalue weighted by atomic mass is 16.5. The third kappa shape index (κ3) is 4.18. The highest BCUT2D eigenvalue weighted by Crippen LogP contribution is 2.38. The molecule has 0 aromatic heterocycles. The van der Waals surface area contributed by atoms with Crippen LogP contribution in [0.15, 0.2) is 0 Å². The number of morpholine rings is 1. The van der Waals surface area contributed by atoms with Crippen LogP contribution < -0.4 is 11.1 Å². The Morgan fingerprint density at radius 1 is 1.29 bits per heavy atom. The average molecular weight is 297 g/mol. The summed E-state index contributed by atoms with van der Waals surface area (Å²) < 4.78 is 5.49. The van der Waals surface area contributed by atoms with Crippen molar-refractivity contribution in [3.05, 3.63) is 0 Å². The summed E-state index contributed by atoms with van der Waals surface area (Å²) in [6.07, 6.45) is 6.17. The molecule has 5 heteroatoms. The maximum absolute atomic E-state index is 12.1. The fraction of sp³-hybridized carbons (Fsp3) is 0.938. The Balaban J connectivity index is 1.95. The fourth-order valence-electron chi connectivity index (χ4n) is 3.83. The maximum Gasteiger partial charge on any atom is 0.220 e. The van der Waals surface area contributed by atoms with Crippen LogP contribution in [0.2, 0.25) is 0 Å². The number of hydrogen-bond donors (Lipinski definition) is 2. The summed E-state index contributed by atoms with van der Waals surface area (Å²) in [6, 6.07) is 0.282. The summed E-state index contributed by atoms with van der Waals surface area (Å²) >= 11 is 0. The average Bonchev–Trinajstić information content (AvgIpc) is 2.97. The summed E-state index contributed by atoms with van der Waals surface area (Å²) in [5.74, 6) is 0.138. The Labute approximate surface area is 128 Å². The highest BCUT2D eigenvalue weighted by molar-refractivity contribution is 5.76. The van der Waals surface area contributed by atoms with Crippen molar-refractivity contribution in [1.82, 2.24) is 10.2 Å². The Morgan fingerprint density at radius 3 is 2.48 bits per heavy atom. The number of hydrogen-bond acceptors (Lipinski definition) is 4. The molecular weight excluding hydrogens is 266 g/mol. The maximum atomic E-state index is 12.1. The van der Waals surface area contributed by atoms with Gasteiger partial charge in [-0.05, 0) is 33.1 Å². The van der Waals surface area contributed by atoms with Gasteiger partial charge in [0.2, 0.25) is 5.91 Å². The lowest BCUT2D eigenvalue weighted by Crippen LogP contribution is -2.62. The summed E-state index contributed by atoms with van der Waals surface area (Å²) in [5, 5.41) is 3.24. The summed E-state index contributed by atoms with van der Waals surface area (Å²) in [5.41, 5.74) is 5.87. The van der Waals surface area contributed by atoms with Crippen LogP contribution in [0.5, 0.6) is 0 Å². The van der Waals surface area contributed by atoms with Crippen molar-refractivity contribution < 1.29 is 9.53 Å². The Bertz CT molecular complexity index is 334. The number of carbonyl (C=O) groups excluding carboxylic acids is 1. The van der Waals surface area contributed by atoms with E-state index in [1.165, 1.54) is 25.7 Å². The number of ether oxygens (including phenoxy) is 1. The van der Waals surface area contributed by atoms with Crippen molar-refractivity contribution in [2.75, 3.05) is 26.3 Å². The molecule has 2 rings (SSSR count). The molecule has 122 valence electrons. The minimum Gasteiger partial charge on any atom is -0.379 e. The van der Waals surface area contributed by atoms with Gasteiger partial charge in [-0.2, -0.15) is 0 Å². The predicted molar refractivity (Wildman–Crippen MR) is 84.1 cm³/mol. The number of carbonyl (C=O) groups is 1. The SMILES string of the molecule is CC(N)CCC(=O)NC(C)C1(N2CCOCC2)CCCC1. The quantitative estimate of drug-likeness (QED) is 0.774. The van der Waals surface area contributed by atoms with Crippen molar-refractivity contribution in [1.29, 1.82) is 0 Å². The minimum absolute atomic E-state index is 0.0886. The molecule has 2 aliphatic rings. The molecule has 2 atom stereocenters. The summed E-state index contributed by atoms with van der Waals surface area (Å²) in [4.78, 5) is 14.7. The van der Waals surface area contributed by atoms with Crippen LogP contribution in [0.1, 0.15) is 52.4 Å². The van der Waals surface area contributed by atoms with E-state index < -0.39 is 0 Å². The van der Waals surface area contributed by atoms with Gasteiger partial charge in [-0.1, -0.05) is 12.8 Å². The second-order valence-electron chi connectivity index (χ2n) is 6.72. The smallest absolute Gasteiger partial charge is 0.220 e. The lowest BCUT2D eigenvalue weighted by atomic mass is 9.86. The summed E-state index contributed by atoms with van der Waals surface area (Å²) in [7, 11) is 0. The molecule has 1 aliphatic heterocycles. The van der Waals surface area contributed by atoms with Crippen LogP contribution in [0.4, 0.5) is 0 Å². The lowest BCUT2D eigenvalue weighted by molar-refractivity contribution is -0.123. The number of nitrogens with two attached hydrogens (primary N) is 1. The van der Waals surface area contributed by atoms with Crippen molar-refractivity contribution in [3.8, 4) is 0 Å². The van der Waals surface area contributed by atoms with E-state index in [0.29, 0.717) is 6.42 Å². The molecule has 21 heavy (non-hydrogen) atoms. The zero-order valence-electron chi connectivity index (χ0n) is 13.6. The first-order valence-electron chi connectivity index (χ1n) is 8.42. The van der Waals surface area contributed by atoms with Crippen LogP contribution in [0, 0.1) is 0 Å². The van der Waals surface area contributed by atoms with E-state index in [1.54, 1.807) is 0 Å². The Kier molecular flexibility index (Phi) is 6.02. The molecule has 1 saturated heterocycles. The van der Waals surface area contributed by atoms with Gasteiger partial charge in [0.1, 0.15) is 0 Å². The van der Waals surface area contributed by atoms with E-state index in [9.17, 15) is 4.79 Å². The van der Waals surface area contributed by atoms with Crippen LogP contribution in [-0.4, -0.2) is 54.7 Å². The van der Waals surface area contributed by atoms with Crippen molar-refractivity contribution in [2.24, 2.45) is 5.73 Å². The largest absolute Gasteiger partial charge is 0.379 e. The Hall–Kier alpha value is -0.650. The number of nitrogens with zero attached hydrogens (tertiary/aromatic N) is 1. The highest BCUT2D eigenvalue weighted by Gasteiger charge is 2.44. The molecule has 1 amide bonds. The summed E-state index contributed by atoms with van der Waals surface area (Å²) in [6.45, 7) is 7.72. The molecule has 0 aromatic carbocycles. The van der Waals surface area contributed by atoms with Gasteiger partial charge in [0.25, 0.3) is 0 Å². The van der Waals surface area contributed by atoms with E-state index in [0.717, 1.165) is 32.7 Å². The molecule has 1 saturated carbocycles. The first-order valence-corrected chi connectivity index (χ1v) is 8.42. The molecule has 0 radical (unpaired) electrons. The molecule has 0 aromatic rings. The molecule has 1 heterocycles. The molecule has 0 spiro atoms. The zero-order chi connectivity index (χ0) is 15.3. The third-order valence-electron chi connectivity index (χ3n) is 5.12. The molecule has 0 bridgehead atoms. The molecule has 5 nitrogen and oxygen atoms in total. The van der Waals surface area contributed by atoms with Gasteiger partial charge in [-0.25, -0.2) is 0 Å². The standard InChI is InChI=1S/C16H31N3O2/c1-13(17)5-6-15(20)18-14(2)16(7-3-4-8-16)19-9-11-21-12-10-19/h13-14H,3-12,17H2,1-2H3,(H,18,20).